The summed E-state index contributed by atoms with van der Waals surface area (Å²) in [6.45, 7) is 3.36. The largest absolute Gasteiger partial charge is 0.397 e. The Morgan fingerprint density at radius 3 is 2.10 bits per heavy atom. The molecule has 308 valence electrons. The highest BCUT2D eigenvalue weighted by atomic mass is 32.3. The van der Waals surface area contributed by atoms with Crippen molar-refractivity contribution in [2.24, 2.45) is 10.2 Å². The van der Waals surface area contributed by atoms with Gasteiger partial charge in [-0.1, -0.05) is 12.6 Å². The monoisotopic (exact) mass is 901 g/mol. The molecule has 0 spiro atoms. The highest BCUT2D eigenvalue weighted by molar-refractivity contribution is 7.94. The molecule has 0 aliphatic rings. The summed E-state index contributed by atoms with van der Waals surface area (Å²) in [5, 5.41) is 32.0. The number of nitrogens with zero attached hydrogens (tertiary/aromatic N) is 7. The van der Waals surface area contributed by atoms with Crippen molar-refractivity contribution >= 4 is 95.4 Å². The van der Waals surface area contributed by atoms with E-state index >= 15 is 0 Å². The van der Waals surface area contributed by atoms with Gasteiger partial charge in [0.15, 0.2) is 15.7 Å². The number of fused-ring (bicyclic) bond motifs is 3. The Hall–Kier alpha value is -5.55. The fourth-order valence-corrected chi connectivity index (χ4v) is 8.00. The number of hydrogen-bond acceptors (Lipinski definition) is 19. The standard InChI is InChI=1S/C29H27N9O15S5/c1-3-54(39,40)11-9-32-28-21(15-30)16(2)26(29(33-28)31-8-10-53-58(50,51)52)35-34-22-6-4-17(12-25(22)57(47,48)49)38-36-23-7-5-19-20(27(23)37-38)13-18(55(41,42)43)14-24(19)56(44,45)46/h3-7,12-14H,1,8-11H2,2H3,(H2,31,32,33)(H,41,42,43)(H,44,45,46)(H,47,48,49)(H,50,51,52). The summed E-state index contributed by atoms with van der Waals surface area (Å²) in [4.78, 5) is 2.42. The van der Waals surface area contributed by atoms with Gasteiger partial charge in [0.25, 0.3) is 30.4 Å². The van der Waals surface area contributed by atoms with Gasteiger partial charge < -0.3 is 10.6 Å². The molecule has 0 radical (unpaired) electrons. The topological polar surface area (TPSA) is 377 Å². The van der Waals surface area contributed by atoms with Gasteiger partial charge in [-0.3, -0.25) is 18.2 Å². The van der Waals surface area contributed by atoms with Gasteiger partial charge in [-0.2, -0.15) is 43.7 Å². The van der Waals surface area contributed by atoms with E-state index in [9.17, 15) is 61.0 Å². The zero-order valence-electron chi connectivity index (χ0n) is 29.1. The molecule has 2 heterocycles. The van der Waals surface area contributed by atoms with E-state index in [1.54, 1.807) is 0 Å². The second kappa shape index (κ2) is 16.0. The lowest BCUT2D eigenvalue weighted by molar-refractivity contribution is 0.278. The van der Waals surface area contributed by atoms with Crippen molar-refractivity contribution in [3.63, 3.8) is 0 Å². The van der Waals surface area contributed by atoms with Crippen molar-refractivity contribution < 1.29 is 64.5 Å². The number of nitriles is 1. The Kier molecular flexibility index (Phi) is 12.0. The second-order valence-corrected chi connectivity index (χ2v) is 19.0. The van der Waals surface area contributed by atoms with Gasteiger partial charge >= 0.3 is 10.4 Å². The maximum absolute atomic E-state index is 12.6. The van der Waals surface area contributed by atoms with Crippen molar-refractivity contribution in [3.8, 4) is 11.8 Å². The smallest absolute Gasteiger partial charge is 0.368 e. The molecule has 5 aromatic rings. The van der Waals surface area contributed by atoms with E-state index in [0.29, 0.717) is 6.07 Å². The number of aromatic nitrogens is 4. The molecule has 0 fully saturated rings. The van der Waals surface area contributed by atoms with E-state index in [1.807, 2.05) is 6.07 Å². The first-order valence-corrected chi connectivity index (χ1v) is 22.9. The SMILES string of the molecule is C=CS(=O)(=O)CCNc1nc(NCCOS(=O)(=O)O)c(N=Nc2ccc(-n3nc4ccc5c(S(=O)(=O)O)cc(S(=O)(=O)O)cc5c4n3)cc2S(=O)(=O)O)c(C)c1C#N. The molecule has 0 saturated heterocycles. The normalized spacial score (nSPS) is 12.9. The van der Waals surface area contributed by atoms with Gasteiger partial charge in [0.1, 0.15) is 44.1 Å². The van der Waals surface area contributed by atoms with Crippen LogP contribution in [0.5, 0.6) is 0 Å². The first-order valence-electron chi connectivity index (χ1n) is 15.5. The third-order valence-electron chi connectivity index (χ3n) is 7.79. The van der Waals surface area contributed by atoms with Gasteiger partial charge in [-0.15, -0.1) is 20.4 Å². The van der Waals surface area contributed by atoms with E-state index in [1.165, 1.54) is 25.1 Å². The lowest BCUT2D eigenvalue weighted by Gasteiger charge is -2.15. The van der Waals surface area contributed by atoms with E-state index in [0.717, 1.165) is 28.4 Å². The summed E-state index contributed by atoms with van der Waals surface area (Å²) in [7, 11) is -23.7. The number of pyridine rings is 1. The predicted octanol–water partition coefficient (Wildman–Crippen LogP) is 2.51. The van der Waals surface area contributed by atoms with E-state index in [2.05, 4.69) is 46.8 Å². The average Bonchev–Trinajstić information content (AvgIpc) is 3.56. The molecule has 24 nitrogen and oxygen atoms in total. The van der Waals surface area contributed by atoms with Crippen molar-refractivity contribution in [1.82, 2.24) is 20.0 Å². The first-order chi connectivity index (χ1) is 26.8. The van der Waals surface area contributed by atoms with Crippen LogP contribution in [0.1, 0.15) is 11.1 Å². The maximum Gasteiger partial charge on any atom is 0.397 e. The van der Waals surface area contributed by atoms with E-state index < -0.39 is 83.3 Å². The Bertz CT molecular complexity index is 3160. The van der Waals surface area contributed by atoms with Gasteiger partial charge in [0.2, 0.25) is 0 Å². The van der Waals surface area contributed by atoms with Crippen LogP contribution in [0.3, 0.4) is 0 Å². The molecule has 0 amide bonds. The lowest BCUT2D eigenvalue weighted by Crippen LogP contribution is -2.17. The molecule has 0 bridgehead atoms. The maximum atomic E-state index is 12.6. The summed E-state index contributed by atoms with van der Waals surface area (Å²) >= 11 is 0. The third kappa shape index (κ3) is 9.93. The minimum absolute atomic E-state index is 0.00278. The minimum atomic E-state index is -5.13. The zero-order valence-corrected chi connectivity index (χ0v) is 33.2. The molecule has 0 atom stereocenters. The predicted molar refractivity (Wildman–Crippen MR) is 202 cm³/mol. The van der Waals surface area contributed by atoms with Gasteiger partial charge in [-0.05, 0) is 43.3 Å². The van der Waals surface area contributed by atoms with Crippen LogP contribution in [0, 0.1) is 18.3 Å². The molecule has 0 unspecified atom stereocenters. The second-order valence-electron chi connectivity index (χ2n) is 11.6. The molecule has 2 aromatic heterocycles. The zero-order chi connectivity index (χ0) is 43.0. The molecular weight excluding hydrogens is 875 g/mol. The van der Waals surface area contributed by atoms with Gasteiger partial charge in [0.05, 0.1) is 28.5 Å². The van der Waals surface area contributed by atoms with Gasteiger partial charge in [0, 0.05) is 34.8 Å². The number of rotatable bonds is 16. The summed E-state index contributed by atoms with van der Waals surface area (Å²) in [6.07, 6.45) is 0. The fraction of sp³-hybridized carbons (Fsp3) is 0.172. The summed E-state index contributed by atoms with van der Waals surface area (Å²) < 4.78 is 162. The minimum Gasteiger partial charge on any atom is -0.368 e. The number of hydrogen-bond donors (Lipinski definition) is 6. The van der Waals surface area contributed by atoms with Crippen molar-refractivity contribution in [2.45, 2.75) is 21.6 Å². The Labute approximate surface area is 329 Å². The van der Waals surface area contributed by atoms with Crippen molar-refractivity contribution in [3.05, 3.63) is 65.6 Å². The molecule has 3 aromatic carbocycles. The first kappa shape index (κ1) is 43.6. The van der Waals surface area contributed by atoms with E-state index in [-0.39, 0.29) is 69.0 Å². The number of anilines is 2. The summed E-state index contributed by atoms with van der Waals surface area (Å²) in [6, 6.07) is 8.85. The quantitative estimate of drug-likeness (QED) is 0.0470. The van der Waals surface area contributed by atoms with Crippen LogP contribution < -0.4 is 10.6 Å². The van der Waals surface area contributed by atoms with Crippen LogP contribution >= 0.6 is 0 Å². The number of sulfone groups is 1. The Morgan fingerprint density at radius 1 is 0.828 bits per heavy atom. The molecule has 0 saturated carbocycles. The van der Waals surface area contributed by atoms with Gasteiger partial charge in [-0.25, -0.2) is 17.6 Å². The van der Waals surface area contributed by atoms with Crippen LogP contribution in [-0.2, 0) is 54.8 Å². The molecular formula is C29H27N9O15S5. The Balaban J connectivity index is 1.61. The molecule has 0 aliphatic carbocycles. The number of azo groups is 1. The summed E-state index contributed by atoms with van der Waals surface area (Å²) in [5.74, 6) is -0.796. The number of nitrogens with one attached hydrogen (secondary N) is 2. The molecule has 58 heavy (non-hydrogen) atoms. The molecule has 5 rings (SSSR count). The van der Waals surface area contributed by atoms with Crippen molar-refractivity contribution in [2.75, 3.05) is 36.1 Å². The van der Waals surface area contributed by atoms with Crippen LogP contribution in [0.4, 0.5) is 23.0 Å². The fourth-order valence-electron chi connectivity index (χ4n) is 5.17. The van der Waals surface area contributed by atoms with Crippen LogP contribution in [0.25, 0.3) is 27.5 Å². The molecule has 0 aliphatic heterocycles. The average molecular weight is 902 g/mol. The summed E-state index contributed by atoms with van der Waals surface area (Å²) in [5.41, 5.74) is -1.16. The van der Waals surface area contributed by atoms with E-state index in [4.69, 9.17) is 4.55 Å². The molecule has 6 N–H and O–H groups in total. The lowest BCUT2D eigenvalue weighted by atomic mass is 10.1. The number of benzene rings is 3. The van der Waals surface area contributed by atoms with Crippen LogP contribution in [-0.4, -0.2) is 106 Å². The van der Waals surface area contributed by atoms with Crippen LogP contribution in [0.2, 0.25) is 0 Å². The Morgan fingerprint density at radius 2 is 1.50 bits per heavy atom. The third-order valence-corrected chi connectivity index (χ3v) is 12.1. The molecule has 29 heteroatoms. The van der Waals surface area contributed by atoms with Crippen LogP contribution in [0.15, 0.2) is 79.4 Å². The van der Waals surface area contributed by atoms with Crippen molar-refractivity contribution in [1.29, 1.82) is 5.26 Å². The highest BCUT2D eigenvalue weighted by Crippen LogP contribution is 2.37. The highest BCUT2D eigenvalue weighted by Gasteiger charge is 2.24.